The van der Waals surface area contributed by atoms with Crippen molar-refractivity contribution in [2.24, 2.45) is 17.0 Å². The van der Waals surface area contributed by atoms with E-state index in [9.17, 15) is 9.59 Å². The van der Waals surface area contributed by atoms with Crippen LogP contribution in [0, 0.1) is 19.3 Å². The summed E-state index contributed by atoms with van der Waals surface area (Å²) in [6.45, 7) is 16.4. The summed E-state index contributed by atoms with van der Waals surface area (Å²) in [4.78, 5) is 30.1. The van der Waals surface area contributed by atoms with Gasteiger partial charge in [-0.05, 0) is 53.1 Å². The molecule has 0 saturated carbocycles. The number of aryl methyl sites for hydroxylation is 2. The molecule has 0 aliphatic carbocycles. The van der Waals surface area contributed by atoms with Crippen LogP contribution in [0.25, 0.3) is 11.1 Å². The Morgan fingerprint density at radius 3 is 2.38 bits per heavy atom. The summed E-state index contributed by atoms with van der Waals surface area (Å²) in [7, 11) is 0. The molecule has 0 unspecified atom stereocenters. The predicted octanol–water partition coefficient (Wildman–Crippen LogP) is 4.64. The van der Waals surface area contributed by atoms with Gasteiger partial charge in [-0.15, -0.1) is 0 Å². The molecule has 37 heavy (non-hydrogen) atoms. The zero-order valence-electron chi connectivity index (χ0n) is 22.9. The number of benzene rings is 2. The molecule has 0 aliphatic rings. The highest BCUT2D eigenvalue weighted by molar-refractivity contribution is 6.08. The first-order chi connectivity index (χ1) is 17.0. The highest BCUT2D eigenvalue weighted by Crippen LogP contribution is 2.33. The van der Waals surface area contributed by atoms with E-state index in [1.807, 2.05) is 39.8 Å². The molecule has 198 valence electrons. The maximum atomic E-state index is 13.3. The van der Waals surface area contributed by atoms with Gasteiger partial charge in [-0.25, -0.2) is 10.8 Å². The zero-order valence-corrected chi connectivity index (χ0v) is 22.9. The molecule has 0 spiro atoms. The second-order valence-corrected chi connectivity index (χ2v) is 11.5. The lowest BCUT2D eigenvalue weighted by molar-refractivity contribution is -0.117. The Balaban J connectivity index is 1.87. The number of carbonyl (C=O) groups is 2. The SMILES string of the molecule is Cc1nc2cc(C(C)(C)C)cc(NC(=O)c3ccc(C)c(N(N)/C=C(\N)C(=O)NCC(C)(C)C)c3)c2o1. The van der Waals surface area contributed by atoms with Crippen molar-refractivity contribution >= 4 is 34.3 Å². The van der Waals surface area contributed by atoms with E-state index in [0.717, 1.165) is 11.1 Å². The first kappa shape index (κ1) is 27.7. The first-order valence-electron chi connectivity index (χ1n) is 12.2. The average Bonchev–Trinajstić information content (AvgIpc) is 3.16. The van der Waals surface area contributed by atoms with Crippen molar-refractivity contribution in [2.45, 2.75) is 60.8 Å². The molecular formula is C28H38N6O3. The van der Waals surface area contributed by atoms with Gasteiger partial charge in [0.15, 0.2) is 11.5 Å². The van der Waals surface area contributed by atoms with Crippen LogP contribution in [0.3, 0.4) is 0 Å². The van der Waals surface area contributed by atoms with Crippen molar-refractivity contribution in [3.8, 4) is 0 Å². The van der Waals surface area contributed by atoms with Crippen molar-refractivity contribution < 1.29 is 14.0 Å². The molecule has 0 saturated heterocycles. The maximum absolute atomic E-state index is 13.3. The van der Waals surface area contributed by atoms with E-state index in [2.05, 4.69) is 36.4 Å². The molecule has 0 bridgehead atoms. The normalized spacial score (nSPS) is 12.5. The molecular weight excluding hydrogens is 468 g/mol. The lowest BCUT2D eigenvalue weighted by Crippen LogP contribution is -2.37. The van der Waals surface area contributed by atoms with Crippen LogP contribution >= 0.6 is 0 Å². The Bertz CT molecular complexity index is 1360. The number of oxazole rings is 1. The Morgan fingerprint density at radius 2 is 1.76 bits per heavy atom. The minimum Gasteiger partial charge on any atom is -0.439 e. The fraction of sp³-hybridized carbons (Fsp3) is 0.393. The van der Waals surface area contributed by atoms with E-state index in [4.69, 9.17) is 16.0 Å². The largest absolute Gasteiger partial charge is 0.439 e. The maximum Gasteiger partial charge on any atom is 0.268 e. The summed E-state index contributed by atoms with van der Waals surface area (Å²) in [6.07, 6.45) is 1.34. The zero-order chi connectivity index (χ0) is 27.7. The second-order valence-electron chi connectivity index (χ2n) is 11.5. The second kappa shape index (κ2) is 10.3. The predicted molar refractivity (Wildman–Crippen MR) is 148 cm³/mol. The van der Waals surface area contributed by atoms with Gasteiger partial charge in [0.05, 0.1) is 11.4 Å². The van der Waals surface area contributed by atoms with Crippen LogP contribution < -0.4 is 27.2 Å². The quantitative estimate of drug-likeness (QED) is 0.217. The van der Waals surface area contributed by atoms with Gasteiger partial charge in [0.1, 0.15) is 11.2 Å². The van der Waals surface area contributed by atoms with Crippen LogP contribution in [0.2, 0.25) is 0 Å². The number of aromatic nitrogens is 1. The van der Waals surface area contributed by atoms with Crippen LogP contribution in [-0.4, -0.2) is 23.3 Å². The van der Waals surface area contributed by atoms with Crippen molar-refractivity contribution in [1.29, 1.82) is 0 Å². The van der Waals surface area contributed by atoms with Crippen LogP contribution in [0.4, 0.5) is 11.4 Å². The molecule has 0 fully saturated rings. The Morgan fingerprint density at radius 1 is 1.08 bits per heavy atom. The van der Waals surface area contributed by atoms with Gasteiger partial charge in [-0.2, -0.15) is 0 Å². The van der Waals surface area contributed by atoms with E-state index in [1.165, 1.54) is 11.2 Å². The standard InChI is InChI=1S/C28H38N6O3/c1-16-9-10-18(11-23(16)34(30)14-20(29)26(36)31-15-27(3,4)5)25(35)33-22-13-19(28(6,7)8)12-21-24(22)37-17(2)32-21/h9-14H,15,29-30H2,1-8H3,(H,31,36)(H,33,35)/b20-14-. The smallest absolute Gasteiger partial charge is 0.268 e. The van der Waals surface area contributed by atoms with Crippen molar-refractivity contribution in [3.05, 3.63) is 64.8 Å². The molecule has 9 nitrogen and oxygen atoms in total. The van der Waals surface area contributed by atoms with Crippen LogP contribution in [0.15, 0.2) is 46.6 Å². The van der Waals surface area contributed by atoms with Crippen LogP contribution in [0.5, 0.6) is 0 Å². The summed E-state index contributed by atoms with van der Waals surface area (Å²) in [5, 5.41) is 7.00. The van der Waals surface area contributed by atoms with Crippen molar-refractivity contribution in [3.63, 3.8) is 0 Å². The number of nitrogens with two attached hydrogens (primary N) is 2. The molecule has 0 atom stereocenters. The molecule has 2 amide bonds. The Kier molecular flexibility index (Phi) is 7.69. The summed E-state index contributed by atoms with van der Waals surface area (Å²) >= 11 is 0. The van der Waals surface area contributed by atoms with Crippen molar-refractivity contribution in [2.75, 3.05) is 16.9 Å². The monoisotopic (exact) mass is 506 g/mol. The number of hydrazine groups is 1. The van der Waals surface area contributed by atoms with Gasteiger partial charge < -0.3 is 20.8 Å². The third-order valence-electron chi connectivity index (χ3n) is 5.78. The summed E-state index contributed by atoms with van der Waals surface area (Å²) < 4.78 is 5.78. The molecule has 0 radical (unpaired) electrons. The van der Waals surface area contributed by atoms with Gasteiger partial charge in [-0.3, -0.25) is 14.6 Å². The lowest BCUT2D eigenvalue weighted by Gasteiger charge is -2.21. The number of nitrogens with zero attached hydrogens (tertiary/aromatic N) is 2. The number of rotatable bonds is 6. The molecule has 6 N–H and O–H groups in total. The summed E-state index contributed by atoms with van der Waals surface area (Å²) in [5.41, 5.74) is 10.2. The number of carbonyl (C=O) groups excluding carboxylic acids is 2. The van der Waals surface area contributed by atoms with Crippen LogP contribution in [-0.2, 0) is 10.2 Å². The topological polar surface area (TPSA) is 140 Å². The van der Waals surface area contributed by atoms with Gasteiger partial charge in [-0.1, -0.05) is 47.6 Å². The molecule has 0 aliphatic heterocycles. The Hall–Kier alpha value is -3.85. The van der Waals surface area contributed by atoms with E-state index in [0.29, 0.717) is 40.5 Å². The minimum absolute atomic E-state index is 0.0388. The summed E-state index contributed by atoms with van der Waals surface area (Å²) in [5.74, 6) is 5.99. The number of hydrogen-bond donors (Lipinski definition) is 4. The third kappa shape index (κ3) is 6.89. The molecule has 3 rings (SSSR count). The highest BCUT2D eigenvalue weighted by atomic mass is 16.3. The summed E-state index contributed by atoms with van der Waals surface area (Å²) in [6, 6.07) is 9.04. The number of hydrogen-bond acceptors (Lipinski definition) is 7. The highest BCUT2D eigenvalue weighted by Gasteiger charge is 2.21. The molecule has 1 aromatic heterocycles. The van der Waals surface area contributed by atoms with Gasteiger partial charge in [0.25, 0.3) is 11.8 Å². The number of nitrogens with one attached hydrogen (secondary N) is 2. The van der Waals surface area contributed by atoms with E-state index in [-0.39, 0.29) is 22.4 Å². The molecule has 2 aromatic carbocycles. The average molecular weight is 507 g/mol. The van der Waals surface area contributed by atoms with E-state index in [1.54, 1.807) is 25.1 Å². The van der Waals surface area contributed by atoms with Crippen molar-refractivity contribution in [1.82, 2.24) is 10.3 Å². The third-order valence-corrected chi connectivity index (χ3v) is 5.78. The first-order valence-corrected chi connectivity index (χ1v) is 12.2. The number of amides is 2. The van der Waals surface area contributed by atoms with Gasteiger partial charge >= 0.3 is 0 Å². The van der Waals surface area contributed by atoms with Gasteiger partial charge in [0, 0.05) is 25.2 Å². The van der Waals surface area contributed by atoms with E-state index < -0.39 is 5.91 Å². The van der Waals surface area contributed by atoms with Gasteiger partial charge in [0.2, 0.25) is 0 Å². The fourth-order valence-corrected chi connectivity index (χ4v) is 3.62. The molecule has 1 heterocycles. The number of fused-ring (bicyclic) bond motifs is 1. The Labute approximate surface area is 218 Å². The van der Waals surface area contributed by atoms with E-state index >= 15 is 0 Å². The molecule has 3 aromatic rings. The fourth-order valence-electron chi connectivity index (χ4n) is 3.62. The lowest BCUT2D eigenvalue weighted by atomic mass is 9.86. The van der Waals surface area contributed by atoms with Crippen LogP contribution in [0.1, 0.15) is 68.9 Å². The molecule has 9 heteroatoms. The minimum atomic E-state index is -0.415. The number of anilines is 2.